The molecule has 0 saturated heterocycles. The largest absolute Gasteiger partial charge is 0.292 e. The molecule has 1 unspecified atom stereocenters. The maximum Gasteiger partial charge on any atom is 0.273 e. The van der Waals surface area contributed by atoms with Gasteiger partial charge in [-0.1, -0.05) is 24.3 Å². The number of nitro groups is 1. The van der Waals surface area contributed by atoms with E-state index in [0.29, 0.717) is 12.1 Å². The van der Waals surface area contributed by atoms with Gasteiger partial charge in [0.05, 0.1) is 4.92 Å². The molecule has 0 aliphatic carbocycles. The van der Waals surface area contributed by atoms with Crippen molar-refractivity contribution in [2.24, 2.45) is 0 Å². The van der Waals surface area contributed by atoms with Crippen LogP contribution in [0.3, 0.4) is 0 Å². The van der Waals surface area contributed by atoms with Gasteiger partial charge in [-0.2, -0.15) is 0 Å². The quantitative estimate of drug-likeness (QED) is 0.639. The minimum absolute atomic E-state index is 0.0410. The van der Waals surface area contributed by atoms with E-state index < -0.39 is 0 Å². The molecule has 1 aliphatic heterocycles. The Labute approximate surface area is 128 Å². The van der Waals surface area contributed by atoms with Gasteiger partial charge in [-0.15, -0.1) is 0 Å². The van der Waals surface area contributed by atoms with Crippen LogP contribution in [0.4, 0.5) is 10.1 Å². The molecule has 0 fully saturated rings. The highest BCUT2D eigenvalue weighted by atomic mass is 19.1. The predicted octanol–water partition coefficient (Wildman–Crippen LogP) is 3.85. The van der Waals surface area contributed by atoms with Gasteiger partial charge >= 0.3 is 0 Å². The average Bonchev–Trinajstić information content (AvgIpc) is 2.51. The summed E-state index contributed by atoms with van der Waals surface area (Å²) in [7, 11) is 0. The monoisotopic (exact) mass is 300 g/mol. The lowest BCUT2D eigenvalue weighted by atomic mass is 9.93. The topological polar surface area (TPSA) is 46.4 Å². The van der Waals surface area contributed by atoms with Crippen LogP contribution < -0.4 is 0 Å². The fourth-order valence-electron chi connectivity index (χ4n) is 3.09. The molecule has 1 heterocycles. The highest BCUT2D eigenvalue weighted by Gasteiger charge is 2.26. The van der Waals surface area contributed by atoms with Gasteiger partial charge in [-0.3, -0.25) is 15.0 Å². The van der Waals surface area contributed by atoms with Crippen molar-refractivity contribution in [2.45, 2.75) is 25.9 Å². The number of para-hydroxylation sites is 1. The van der Waals surface area contributed by atoms with E-state index in [-0.39, 0.29) is 22.5 Å². The van der Waals surface area contributed by atoms with Crippen LogP contribution in [0.15, 0.2) is 42.5 Å². The molecule has 2 aromatic carbocycles. The van der Waals surface area contributed by atoms with Crippen molar-refractivity contribution in [3.8, 4) is 0 Å². The van der Waals surface area contributed by atoms with Crippen LogP contribution in [0.5, 0.6) is 0 Å². The lowest BCUT2D eigenvalue weighted by Gasteiger charge is -2.35. The van der Waals surface area contributed by atoms with E-state index in [1.807, 2.05) is 19.1 Å². The molecule has 0 aromatic heterocycles. The highest BCUT2D eigenvalue weighted by molar-refractivity contribution is 5.40. The second kappa shape index (κ2) is 5.85. The van der Waals surface area contributed by atoms with Gasteiger partial charge in [0.25, 0.3) is 5.69 Å². The standard InChI is InChI=1S/C17H17FN2O2/c1-12-16-10-15(18)7-6-13(16)8-9-19(12)11-14-4-2-3-5-17(14)20(21)22/h2-7,10,12H,8-9,11H2,1H3. The van der Waals surface area contributed by atoms with E-state index in [9.17, 15) is 14.5 Å². The second-order valence-electron chi connectivity index (χ2n) is 5.63. The van der Waals surface area contributed by atoms with Crippen molar-refractivity contribution in [1.29, 1.82) is 0 Å². The van der Waals surface area contributed by atoms with E-state index in [1.54, 1.807) is 18.2 Å². The van der Waals surface area contributed by atoms with E-state index in [2.05, 4.69) is 4.90 Å². The van der Waals surface area contributed by atoms with Gasteiger partial charge in [-0.05, 0) is 36.6 Å². The molecule has 0 spiro atoms. The molecule has 0 N–H and O–H groups in total. The molecule has 1 atom stereocenters. The van der Waals surface area contributed by atoms with Gasteiger partial charge in [-0.25, -0.2) is 4.39 Å². The normalized spacial score (nSPS) is 18.0. The first-order valence-corrected chi connectivity index (χ1v) is 7.31. The van der Waals surface area contributed by atoms with Crippen LogP contribution in [-0.4, -0.2) is 16.4 Å². The van der Waals surface area contributed by atoms with Crippen molar-refractivity contribution in [2.75, 3.05) is 6.54 Å². The summed E-state index contributed by atoms with van der Waals surface area (Å²) < 4.78 is 13.5. The molecule has 0 saturated carbocycles. The highest BCUT2D eigenvalue weighted by Crippen LogP contribution is 2.32. The summed E-state index contributed by atoms with van der Waals surface area (Å²) in [6, 6.07) is 11.7. The number of hydrogen-bond acceptors (Lipinski definition) is 3. The average molecular weight is 300 g/mol. The lowest BCUT2D eigenvalue weighted by molar-refractivity contribution is -0.385. The van der Waals surface area contributed by atoms with E-state index in [0.717, 1.165) is 24.1 Å². The minimum Gasteiger partial charge on any atom is -0.292 e. The van der Waals surface area contributed by atoms with Crippen molar-refractivity contribution in [1.82, 2.24) is 4.90 Å². The Morgan fingerprint density at radius 2 is 2.09 bits per heavy atom. The smallest absolute Gasteiger partial charge is 0.273 e. The Morgan fingerprint density at radius 1 is 1.32 bits per heavy atom. The first-order chi connectivity index (χ1) is 10.6. The third kappa shape index (κ3) is 2.72. The summed E-state index contributed by atoms with van der Waals surface area (Å²) in [4.78, 5) is 12.9. The van der Waals surface area contributed by atoms with Crippen molar-refractivity contribution in [3.05, 3.63) is 75.1 Å². The predicted molar refractivity (Wildman–Crippen MR) is 82.0 cm³/mol. The molecular formula is C17H17FN2O2. The zero-order valence-corrected chi connectivity index (χ0v) is 12.3. The summed E-state index contributed by atoms with van der Waals surface area (Å²) in [5.41, 5.74) is 2.97. The Hall–Kier alpha value is -2.27. The number of fused-ring (bicyclic) bond motifs is 1. The number of nitrogens with zero attached hydrogens (tertiary/aromatic N) is 2. The van der Waals surface area contributed by atoms with Crippen LogP contribution >= 0.6 is 0 Å². The Morgan fingerprint density at radius 3 is 2.86 bits per heavy atom. The fourth-order valence-corrected chi connectivity index (χ4v) is 3.09. The summed E-state index contributed by atoms with van der Waals surface area (Å²) in [5.74, 6) is -0.238. The molecule has 3 rings (SSSR count). The molecule has 2 aromatic rings. The first-order valence-electron chi connectivity index (χ1n) is 7.31. The Kier molecular flexibility index (Phi) is 3.90. The number of rotatable bonds is 3. The van der Waals surface area contributed by atoms with Crippen molar-refractivity contribution in [3.63, 3.8) is 0 Å². The minimum atomic E-state index is -0.350. The van der Waals surface area contributed by atoms with Gasteiger partial charge in [0, 0.05) is 30.8 Å². The maximum atomic E-state index is 13.5. The summed E-state index contributed by atoms with van der Waals surface area (Å²) >= 11 is 0. The second-order valence-corrected chi connectivity index (χ2v) is 5.63. The van der Waals surface area contributed by atoms with Gasteiger partial charge < -0.3 is 0 Å². The van der Waals surface area contributed by atoms with Crippen molar-refractivity contribution < 1.29 is 9.31 Å². The molecule has 0 bridgehead atoms. The lowest BCUT2D eigenvalue weighted by Crippen LogP contribution is -2.33. The summed E-state index contributed by atoms with van der Waals surface area (Å²) in [6.07, 6.45) is 0.834. The third-order valence-electron chi connectivity index (χ3n) is 4.34. The molecule has 1 aliphatic rings. The van der Waals surface area contributed by atoms with Crippen LogP contribution in [0.2, 0.25) is 0 Å². The van der Waals surface area contributed by atoms with E-state index >= 15 is 0 Å². The van der Waals surface area contributed by atoms with Gasteiger partial charge in [0.2, 0.25) is 0 Å². The number of nitro benzene ring substituents is 1. The molecule has 0 amide bonds. The number of hydrogen-bond donors (Lipinski definition) is 0. The molecule has 114 valence electrons. The zero-order valence-electron chi connectivity index (χ0n) is 12.3. The van der Waals surface area contributed by atoms with Crippen LogP contribution in [0, 0.1) is 15.9 Å². The molecule has 22 heavy (non-hydrogen) atoms. The van der Waals surface area contributed by atoms with E-state index in [4.69, 9.17) is 0 Å². The third-order valence-corrected chi connectivity index (χ3v) is 4.34. The number of benzene rings is 2. The molecule has 4 nitrogen and oxygen atoms in total. The van der Waals surface area contributed by atoms with Gasteiger partial charge in [0.15, 0.2) is 0 Å². The van der Waals surface area contributed by atoms with Gasteiger partial charge in [0.1, 0.15) is 5.82 Å². The van der Waals surface area contributed by atoms with Crippen LogP contribution in [0.25, 0.3) is 0 Å². The molecule has 0 radical (unpaired) electrons. The Bertz CT molecular complexity index is 718. The molecule has 5 heteroatoms. The maximum absolute atomic E-state index is 13.5. The van der Waals surface area contributed by atoms with Crippen LogP contribution in [-0.2, 0) is 13.0 Å². The number of halogens is 1. The summed E-state index contributed by atoms with van der Waals surface area (Å²) in [5, 5.41) is 11.1. The Balaban J connectivity index is 1.87. The molecular weight excluding hydrogens is 283 g/mol. The van der Waals surface area contributed by atoms with Crippen LogP contribution in [0.1, 0.15) is 29.7 Å². The van der Waals surface area contributed by atoms with E-state index in [1.165, 1.54) is 12.1 Å². The summed E-state index contributed by atoms with van der Waals surface area (Å²) in [6.45, 7) is 3.33. The zero-order chi connectivity index (χ0) is 15.7. The first kappa shape index (κ1) is 14.7. The van der Waals surface area contributed by atoms with Crippen molar-refractivity contribution >= 4 is 5.69 Å². The fraction of sp³-hybridized carbons (Fsp3) is 0.294. The SMILES string of the molecule is CC1c2cc(F)ccc2CCN1Cc1ccccc1[N+](=O)[O-].